The number of aromatic hydroxyl groups is 1. The molecule has 5 aliphatic rings. The summed E-state index contributed by atoms with van der Waals surface area (Å²) >= 11 is 0. The lowest BCUT2D eigenvalue weighted by Crippen LogP contribution is -2.74. The maximum atomic E-state index is 14.1. The van der Waals surface area contributed by atoms with Crippen molar-refractivity contribution in [2.24, 2.45) is 17.8 Å². The minimum Gasteiger partial charge on any atom is -0.507 e. The van der Waals surface area contributed by atoms with Crippen molar-refractivity contribution in [3.05, 3.63) is 83.0 Å². The Hall–Kier alpha value is -3.22. The lowest BCUT2D eigenvalue weighted by atomic mass is 9.49. The molecule has 2 fully saturated rings. The zero-order chi connectivity index (χ0) is 24.4. The van der Waals surface area contributed by atoms with Crippen molar-refractivity contribution < 1.29 is 28.9 Å². The van der Waals surface area contributed by atoms with Crippen molar-refractivity contribution in [1.82, 2.24) is 0 Å². The molecular weight excluding hydrogens is 444 g/mol. The predicted octanol–water partition coefficient (Wildman–Crippen LogP) is 4.42. The van der Waals surface area contributed by atoms with Gasteiger partial charge in [0.15, 0.2) is 22.8 Å². The zero-order valence-corrected chi connectivity index (χ0v) is 19.8. The molecule has 1 saturated heterocycles. The van der Waals surface area contributed by atoms with Gasteiger partial charge in [0.1, 0.15) is 17.1 Å². The van der Waals surface area contributed by atoms with E-state index in [1.807, 2.05) is 50.3 Å². The second-order valence-corrected chi connectivity index (χ2v) is 10.2. The van der Waals surface area contributed by atoms with Gasteiger partial charge in [0.25, 0.3) is 0 Å². The molecule has 1 saturated carbocycles. The normalized spacial score (nSPS) is 31.9. The Kier molecular flexibility index (Phi) is 5.02. The van der Waals surface area contributed by atoms with Gasteiger partial charge in [-0.25, -0.2) is 0 Å². The average molecular weight is 473 g/mol. The molecule has 0 amide bonds. The highest BCUT2D eigenvalue weighted by Crippen LogP contribution is 2.65. The number of Topliss-reactive ketones (excluding diaryl/α,β-unsaturated/α-hetero) is 2. The number of fused-ring (bicyclic) bond motifs is 1. The van der Waals surface area contributed by atoms with Crippen LogP contribution < -0.4 is 4.74 Å². The van der Waals surface area contributed by atoms with Crippen LogP contribution in [0.1, 0.15) is 36.2 Å². The van der Waals surface area contributed by atoms with Crippen molar-refractivity contribution >= 4 is 11.6 Å². The molecule has 3 aliphatic carbocycles. The molecule has 2 aliphatic heterocycles. The highest BCUT2D eigenvalue weighted by molar-refractivity contribution is 6.18. The van der Waals surface area contributed by atoms with E-state index < -0.39 is 17.1 Å². The van der Waals surface area contributed by atoms with Crippen LogP contribution in [0.4, 0.5) is 0 Å². The molecule has 6 heteroatoms. The van der Waals surface area contributed by atoms with E-state index in [1.165, 1.54) is 6.07 Å². The van der Waals surface area contributed by atoms with Gasteiger partial charge in [-0.15, -0.1) is 0 Å². The third kappa shape index (κ3) is 2.96. The third-order valence-electron chi connectivity index (χ3n) is 8.02. The molecule has 2 heterocycles. The Morgan fingerprint density at radius 1 is 1.14 bits per heavy atom. The Morgan fingerprint density at radius 2 is 1.94 bits per heavy atom. The van der Waals surface area contributed by atoms with Crippen molar-refractivity contribution in [3.8, 4) is 11.5 Å². The molecule has 6 nitrogen and oxygen atoms in total. The lowest BCUT2D eigenvalue weighted by molar-refractivity contribution is -0.173. The summed E-state index contributed by atoms with van der Waals surface area (Å²) in [5.41, 5.74) is 0.175. The Bertz CT molecular complexity index is 1270. The molecule has 0 aromatic heterocycles. The summed E-state index contributed by atoms with van der Waals surface area (Å²) in [5.74, 6) is -1.10. The number of carbonyl (C=O) groups excluding carboxylic acids is 2. The molecular formula is C29H28O6. The number of hydrogen-bond acceptors (Lipinski definition) is 6. The van der Waals surface area contributed by atoms with Gasteiger partial charge >= 0.3 is 0 Å². The number of carbonyl (C=O) groups is 2. The molecule has 0 radical (unpaired) electrons. The number of ether oxygens (including phenoxy) is 3. The van der Waals surface area contributed by atoms with Gasteiger partial charge in [0.2, 0.25) is 0 Å². The highest BCUT2D eigenvalue weighted by Gasteiger charge is 2.79. The first-order valence-electron chi connectivity index (χ1n) is 12.1. The van der Waals surface area contributed by atoms with Crippen LogP contribution in [0, 0.1) is 17.8 Å². The molecule has 180 valence electrons. The SMILES string of the molecule is CC(C)=CCC12OC[C@@H]3[C@@H](COCc4ccccc4)[C@@H](C=C4C(=O)c5c(O)cccc5O[C@]431)C2=O. The number of phenolic OH excluding ortho intramolecular Hbond substituents is 1. The Morgan fingerprint density at radius 3 is 2.71 bits per heavy atom. The first-order valence-corrected chi connectivity index (χ1v) is 12.1. The quantitative estimate of drug-likeness (QED) is 0.627. The minimum absolute atomic E-state index is 0.0581. The predicted molar refractivity (Wildman–Crippen MR) is 128 cm³/mol. The number of hydrogen-bond donors (Lipinski definition) is 1. The molecule has 2 aromatic rings. The fourth-order valence-corrected chi connectivity index (χ4v) is 6.43. The number of ketones is 2. The number of phenols is 1. The summed E-state index contributed by atoms with van der Waals surface area (Å²) < 4.78 is 19.2. The monoisotopic (exact) mass is 472 g/mol. The second kappa shape index (κ2) is 7.90. The van der Waals surface area contributed by atoms with Crippen LogP contribution in [0.2, 0.25) is 0 Å². The van der Waals surface area contributed by atoms with Crippen LogP contribution in [0.5, 0.6) is 11.5 Å². The summed E-state index contributed by atoms with van der Waals surface area (Å²) in [7, 11) is 0. The lowest BCUT2D eigenvalue weighted by Gasteiger charge is -2.58. The third-order valence-corrected chi connectivity index (χ3v) is 8.02. The fraction of sp³-hybridized carbons (Fsp3) is 0.379. The van der Waals surface area contributed by atoms with Gasteiger partial charge in [0.05, 0.1) is 19.8 Å². The van der Waals surface area contributed by atoms with Crippen molar-refractivity contribution in [2.45, 2.75) is 38.1 Å². The van der Waals surface area contributed by atoms with Crippen LogP contribution in [-0.2, 0) is 20.9 Å². The maximum absolute atomic E-state index is 14.1. The average Bonchev–Trinajstić information content (AvgIpc) is 3.13. The molecule has 5 atom stereocenters. The van der Waals surface area contributed by atoms with Gasteiger partial charge < -0.3 is 19.3 Å². The van der Waals surface area contributed by atoms with Crippen molar-refractivity contribution in [3.63, 3.8) is 0 Å². The van der Waals surface area contributed by atoms with Crippen LogP contribution in [-0.4, -0.2) is 41.1 Å². The molecule has 2 aromatic carbocycles. The van der Waals surface area contributed by atoms with Crippen molar-refractivity contribution in [1.29, 1.82) is 0 Å². The van der Waals surface area contributed by atoms with Gasteiger partial charge in [-0.05, 0) is 31.5 Å². The molecule has 1 unspecified atom stereocenters. The minimum atomic E-state index is -1.28. The molecule has 4 bridgehead atoms. The summed E-state index contributed by atoms with van der Waals surface area (Å²) in [6.07, 6.45) is 4.08. The summed E-state index contributed by atoms with van der Waals surface area (Å²) in [4.78, 5) is 27.8. The zero-order valence-electron chi connectivity index (χ0n) is 19.8. The van der Waals surface area contributed by atoms with Crippen molar-refractivity contribution in [2.75, 3.05) is 13.2 Å². The van der Waals surface area contributed by atoms with Crippen LogP contribution in [0.3, 0.4) is 0 Å². The Labute approximate surface area is 204 Å². The summed E-state index contributed by atoms with van der Waals surface area (Å²) in [6.45, 7) is 5.05. The first kappa shape index (κ1) is 22.3. The molecule has 7 rings (SSSR count). The molecule has 1 N–H and O–H groups in total. The van der Waals surface area contributed by atoms with E-state index in [-0.39, 0.29) is 34.7 Å². The van der Waals surface area contributed by atoms with E-state index in [0.29, 0.717) is 37.6 Å². The van der Waals surface area contributed by atoms with E-state index in [0.717, 1.165) is 11.1 Å². The fourth-order valence-electron chi connectivity index (χ4n) is 6.43. The standard InChI is InChI=1S/C29H28O6/c1-17(2)11-12-28-27(32)19-13-21-26(31)25-23(30)9-6-10-24(25)35-29(21,28)22(16-34-28)20(19)15-33-14-18-7-4-3-5-8-18/h3-11,13,19-20,22,30H,12,14-16H2,1-2H3/t19-,20+,22-,28?,29-/m1/s1. The number of benzene rings is 2. The van der Waals surface area contributed by atoms with E-state index in [2.05, 4.69) is 0 Å². The topological polar surface area (TPSA) is 82.1 Å². The smallest absolute Gasteiger partial charge is 0.200 e. The van der Waals surface area contributed by atoms with Crippen LogP contribution >= 0.6 is 0 Å². The second-order valence-electron chi connectivity index (χ2n) is 10.2. The van der Waals surface area contributed by atoms with E-state index in [9.17, 15) is 14.7 Å². The van der Waals surface area contributed by atoms with Gasteiger partial charge in [-0.1, -0.05) is 54.1 Å². The summed E-state index contributed by atoms with van der Waals surface area (Å²) in [5, 5.41) is 10.4. The van der Waals surface area contributed by atoms with Gasteiger partial charge in [-0.2, -0.15) is 0 Å². The largest absolute Gasteiger partial charge is 0.507 e. The van der Waals surface area contributed by atoms with E-state index in [4.69, 9.17) is 14.2 Å². The van der Waals surface area contributed by atoms with Crippen LogP contribution in [0.15, 0.2) is 71.8 Å². The number of rotatable bonds is 6. The van der Waals surface area contributed by atoms with E-state index in [1.54, 1.807) is 18.2 Å². The molecule has 1 spiro atoms. The van der Waals surface area contributed by atoms with E-state index >= 15 is 0 Å². The maximum Gasteiger partial charge on any atom is 0.200 e. The van der Waals surface area contributed by atoms with Gasteiger partial charge in [-0.3, -0.25) is 9.59 Å². The van der Waals surface area contributed by atoms with Gasteiger partial charge in [0, 0.05) is 29.7 Å². The number of allylic oxidation sites excluding steroid dienone is 2. The Balaban J connectivity index is 1.43. The summed E-state index contributed by atoms with van der Waals surface area (Å²) in [6, 6.07) is 14.7. The highest BCUT2D eigenvalue weighted by atomic mass is 16.6. The molecule has 35 heavy (non-hydrogen) atoms. The van der Waals surface area contributed by atoms with Crippen LogP contribution in [0.25, 0.3) is 0 Å². The first-order chi connectivity index (χ1) is 16.9.